The Labute approximate surface area is 134 Å². The van der Waals surface area contributed by atoms with Crippen molar-refractivity contribution in [3.8, 4) is 5.75 Å². The van der Waals surface area contributed by atoms with E-state index in [1.165, 1.54) is 0 Å². The SMILES string of the molecule is COc1ccc(CNc2ncccc2C2(OC(N)=O)CC2)cc1. The predicted octanol–water partition coefficient (Wildman–Crippen LogP) is 2.79. The molecular weight excluding hydrogens is 294 g/mol. The number of carbonyl (C=O) groups is 1. The molecule has 6 heteroatoms. The Morgan fingerprint density at radius 1 is 1.30 bits per heavy atom. The number of nitrogens with zero attached hydrogens (tertiary/aromatic N) is 1. The van der Waals surface area contributed by atoms with E-state index in [9.17, 15) is 4.79 Å². The normalized spacial score (nSPS) is 14.8. The third-order valence-corrected chi connectivity index (χ3v) is 3.92. The molecule has 1 aliphatic rings. The van der Waals surface area contributed by atoms with Crippen molar-refractivity contribution in [3.63, 3.8) is 0 Å². The minimum absolute atomic E-state index is 0.612. The number of carbonyl (C=O) groups excluding carboxylic acids is 1. The van der Waals surface area contributed by atoms with E-state index in [1.54, 1.807) is 13.3 Å². The molecule has 23 heavy (non-hydrogen) atoms. The molecular formula is C17H19N3O3. The van der Waals surface area contributed by atoms with Crippen LogP contribution in [0.4, 0.5) is 10.6 Å². The first-order chi connectivity index (χ1) is 11.1. The van der Waals surface area contributed by atoms with Gasteiger partial charge in [0.1, 0.15) is 17.2 Å². The number of primary amides is 1. The summed E-state index contributed by atoms with van der Waals surface area (Å²) >= 11 is 0. The standard InChI is InChI=1S/C17H19N3O3/c1-22-13-6-4-12(5-7-13)11-20-15-14(3-2-10-19-15)17(8-9-17)23-16(18)21/h2-7,10H,8-9,11H2,1H3,(H2,18,21)(H,19,20). The molecule has 3 N–H and O–H groups in total. The first kappa shape index (κ1) is 15.1. The Morgan fingerprint density at radius 3 is 2.65 bits per heavy atom. The summed E-state index contributed by atoms with van der Waals surface area (Å²) in [7, 11) is 1.64. The lowest BCUT2D eigenvalue weighted by atomic mass is 10.1. The maximum atomic E-state index is 11.1. The van der Waals surface area contributed by atoms with Gasteiger partial charge in [0.25, 0.3) is 0 Å². The molecule has 1 aromatic carbocycles. The van der Waals surface area contributed by atoms with Gasteiger partial charge in [0.05, 0.1) is 7.11 Å². The van der Waals surface area contributed by atoms with E-state index < -0.39 is 11.7 Å². The Bertz CT molecular complexity index is 696. The molecule has 2 aromatic rings. The summed E-state index contributed by atoms with van der Waals surface area (Å²) < 4.78 is 10.4. The van der Waals surface area contributed by atoms with Crippen molar-refractivity contribution in [3.05, 3.63) is 53.7 Å². The number of anilines is 1. The van der Waals surface area contributed by atoms with Crippen LogP contribution < -0.4 is 15.8 Å². The number of rotatable bonds is 6. The number of methoxy groups -OCH3 is 1. The number of pyridine rings is 1. The smallest absolute Gasteiger partial charge is 0.405 e. The van der Waals surface area contributed by atoms with Gasteiger partial charge in [-0.2, -0.15) is 0 Å². The van der Waals surface area contributed by atoms with Gasteiger partial charge >= 0.3 is 6.09 Å². The van der Waals surface area contributed by atoms with Crippen molar-refractivity contribution in [1.29, 1.82) is 0 Å². The molecule has 1 heterocycles. The molecule has 0 spiro atoms. The summed E-state index contributed by atoms with van der Waals surface area (Å²) in [5.74, 6) is 1.53. The summed E-state index contributed by atoms with van der Waals surface area (Å²) in [6.07, 6.45) is 2.48. The number of nitrogens with two attached hydrogens (primary N) is 1. The van der Waals surface area contributed by atoms with Gasteiger partial charge in [-0.3, -0.25) is 0 Å². The van der Waals surface area contributed by atoms with Gasteiger partial charge in [-0.25, -0.2) is 9.78 Å². The van der Waals surface area contributed by atoms with Gasteiger partial charge in [0.15, 0.2) is 0 Å². The molecule has 0 aliphatic heterocycles. The van der Waals surface area contributed by atoms with Crippen LogP contribution in [-0.4, -0.2) is 18.2 Å². The van der Waals surface area contributed by atoms with Gasteiger partial charge < -0.3 is 20.5 Å². The maximum Gasteiger partial charge on any atom is 0.405 e. The van der Waals surface area contributed by atoms with Crippen molar-refractivity contribution in [2.45, 2.75) is 25.0 Å². The fourth-order valence-electron chi connectivity index (χ4n) is 2.58. The minimum Gasteiger partial charge on any atom is -0.497 e. The van der Waals surface area contributed by atoms with Gasteiger partial charge in [0.2, 0.25) is 0 Å². The highest BCUT2D eigenvalue weighted by molar-refractivity contribution is 5.67. The number of ether oxygens (including phenoxy) is 2. The molecule has 0 bridgehead atoms. The average Bonchev–Trinajstić information content (AvgIpc) is 3.33. The summed E-state index contributed by atoms with van der Waals surface area (Å²) in [6, 6.07) is 11.5. The number of amides is 1. The highest BCUT2D eigenvalue weighted by Gasteiger charge is 2.50. The zero-order valence-electron chi connectivity index (χ0n) is 12.9. The maximum absolute atomic E-state index is 11.1. The van der Waals surface area contributed by atoms with Crippen LogP contribution in [0.3, 0.4) is 0 Å². The van der Waals surface area contributed by atoms with Crippen LogP contribution in [0.2, 0.25) is 0 Å². The van der Waals surface area contributed by atoms with Crippen LogP contribution in [0, 0.1) is 0 Å². The highest BCUT2D eigenvalue weighted by Crippen LogP contribution is 2.51. The summed E-state index contributed by atoms with van der Waals surface area (Å²) in [5, 5.41) is 3.30. The lowest BCUT2D eigenvalue weighted by Crippen LogP contribution is -2.23. The lowest BCUT2D eigenvalue weighted by molar-refractivity contribution is 0.0902. The van der Waals surface area contributed by atoms with E-state index in [0.29, 0.717) is 12.4 Å². The van der Waals surface area contributed by atoms with E-state index in [0.717, 1.165) is 29.7 Å². The average molecular weight is 313 g/mol. The van der Waals surface area contributed by atoms with E-state index in [1.807, 2.05) is 36.4 Å². The largest absolute Gasteiger partial charge is 0.497 e. The molecule has 1 fully saturated rings. The van der Waals surface area contributed by atoms with E-state index in [4.69, 9.17) is 15.2 Å². The zero-order chi connectivity index (χ0) is 16.3. The zero-order valence-corrected chi connectivity index (χ0v) is 12.9. The number of benzene rings is 1. The molecule has 0 radical (unpaired) electrons. The predicted molar refractivity (Wildman–Crippen MR) is 86.1 cm³/mol. The van der Waals surface area contributed by atoms with Crippen molar-refractivity contribution >= 4 is 11.9 Å². The van der Waals surface area contributed by atoms with Crippen LogP contribution in [0.1, 0.15) is 24.0 Å². The number of nitrogens with one attached hydrogen (secondary N) is 1. The number of aromatic nitrogens is 1. The van der Waals surface area contributed by atoms with Crippen LogP contribution in [0.15, 0.2) is 42.6 Å². The van der Waals surface area contributed by atoms with Gasteiger partial charge in [0, 0.05) is 18.3 Å². The molecule has 1 saturated carbocycles. The molecule has 1 aromatic heterocycles. The first-order valence-corrected chi connectivity index (χ1v) is 7.44. The summed E-state index contributed by atoms with van der Waals surface area (Å²) in [6.45, 7) is 0.612. The quantitative estimate of drug-likeness (QED) is 0.856. The Morgan fingerprint density at radius 2 is 2.04 bits per heavy atom. The van der Waals surface area contributed by atoms with Crippen LogP contribution in [0.5, 0.6) is 5.75 Å². The first-order valence-electron chi connectivity index (χ1n) is 7.44. The Balaban J connectivity index is 1.74. The molecule has 0 atom stereocenters. The van der Waals surface area contributed by atoms with Crippen LogP contribution in [0.25, 0.3) is 0 Å². The molecule has 0 unspecified atom stereocenters. The van der Waals surface area contributed by atoms with E-state index in [-0.39, 0.29) is 0 Å². The third kappa shape index (κ3) is 3.36. The molecule has 1 amide bonds. The number of hydrogen-bond donors (Lipinski definition) is 2. The van der Waals surface area contributed by atoms with Crippen molar-refractivity contribution < 1.29 is 14.3 Å². The van der Waals surface area contributed by atoms with Gasteiger partial charge in [-0.05, 0) is 42.7 Å². The molecule has 0 saturated heterocycles. The van der Waals surface area contributed by atoms with Crippen LogP contribution in [-0.2, 0) is 16.9 Å². The van der Waals surface area contributed by atoms with E-state index in [2.05, 4.69) is 10.3 Å². The highest BCUT2D eigenvalue weighted by atomic mass is 16.6. The number of hydrogen-bond acceptors (Lipinski definition) is 5. The lowest BCUT2D eigenvalue weighted by Gasteiger charge is -2.19. The van der Waals surface area contributed by atoms with Crippen LogP contribution >= 0.6 is 0 Å². The molecule has 3 rings (SSSR count). The molecule has 120 valence electrons. The summed E-state index contributed by atoms with van der Waals surface area (Å²) in [5.41, 5.74) is 6.53. The van der Waals surface area contributed by atoms with E-state index >= 15 is 0 Å². The fourth-order valence-corrected chi connectivity index (χ4v) is 2.58. The summed E-state index contributed by atoms with van der Waals surface area (Å²) in [4.78, 5) is 15.5. The Hall–Kier alpha value is -2.76. The molecule has 1 aliphatic carbocycles. The van der Waals surface area contributed by atoms with Crippen molar-refractivity contribution in [1.82, 2.24) is 4.98 Å². The van der Waals surface area contributed by atoms with Gasteiger partial charge in [-0.15, -0.1) is 0 Å². The fraction of sp³-hybridized carbons (Fsp3) is 0.294. The third-order valence-electron chi connectivity index (χ3n) is 3.92. The second-order valence-electron chi connectivity index (χ2n) is 5.52. The van der Waals surface area contributed by atoms with Crippen molar-refractivity contribution in [2.24, 2.45) is 5.73 Å². The second kappa shape index (κ2) is 6.16. The minimum atomic E-state index is -0.757. The molecule has 6 nitrogen and oxygen atoms in total. The topological polar surface area (TPSA) is 86.5 Å². The monoisotopic (exact) mass is 313 g/mol. The second-order valence-corrected chi connectivity index (χ2v) is 5.52. The van der Waals surface area contributed by atoms with Gasteiger partial charge in [-0.1, -0.05) is 12.1 Å². The Kier molecular flexibility index (Phi) is 4.06. The van der Waals surface area contributed by atoms with Crippen molar-refractivity contribution in [2.75, 3.05) is 12.4 Å².